The molecule has 2 rings (SSSR count). The third-order valence-electron chi connectivity index (χ3n) is 4.21. The Morgan fingerprint density at radius 2 is 2.05 bits per heavy atom. The van der Waals surface area contributed by atoms with E-state index in [2.05, 4.69) is 0 Å². The highest BCUT2D eigenvalue weighted by atomic mass is 16.5. The van der Waals surface area contributed by atoms with E-state index in [1.165, 1.54) is 13.2 Å². The van der Waals surface area contributed by atoms with E-state index >= 15 is 0 Å². The van der Waals surface area contributed by atoms with Crippen molar-refractivity contribution in [2.75, 3.05) is 13.7 Å². The van der Waals surface area contributed by atoms with Crippen LogP contribution in [-0.4, -0.2) is 41.7 Å². The molecule has 3 N–H and O–H groups in total. The minimum atomic E-state index is -0.0454. The molecule has 1 fully saturated rings. The van der Waals surface area contributed by atoms with Gasteiger partial charge in [0.1, 0.15) is 0 Å². The standard InChI is InChI=1S/C16H24N2O3/c1-3-18(13-7-5-12(17)6-8-13)16(20)11-4-9-15(21-2)14(19)10-11/h4,9-10,12-13,19H,3,5-8,17H2,1-2H3. The van der Waals surface area contributed by atoms with E-state index in [4.69, 9.17) is 10.5 Å². The lowest BCUT2D eigenvalue weighted by Crippen LogP contribution is -2.44. The molecule has 0 aliphatic heterocycles. The van der Waals surface area contributed by atoms with Crippen LogP contribution in [0.1, 0.15) is 43.0 Å². The first-order chi connectivity index (χ1) is 10.1. The monoisotopic (exact) mass is 292 g/mol. The minimum absolute atomic E-state index is 0.00919. The van der Waals surface area contributed by atoms with E-state index in [9.17, 15) is 9.90 Å². The van der Waals surface area contributed by atoms with Gasteiger partial charge in [-0.25, -0.2) is 0 Å². The van der Waals surface area contributed by atoms with Crippen molar-refractivity contribution in [2.24, 2.45) is 5.73 Å². The molecule has 21 heavy (non-hydrogen) atoms. The predicted molar refractivity (Wildman–Crippen MR) is 81.6 cm³/mol. The zero-order chi connectivity index (χ0) is 15.4. The molecule has 1 aromatic carbocycles. The van der Waals surface area contributed by atoms with Gasteiger partial charge in [-0.2, -0.15) is 0 Å². The molecule has 5 heteroatoms. The van der Waals surface area contributed by atoms with Crippen LogP contribution in [0.2, 0.25) is 0 Å². The van der Waals surface area contributed by atoms with Crippen LogP contribution in [0.25, 0.3) is 0 Å². The molecule has 0 saturated heterocycles. The number of benzene rings is 1. The molecule has 1 amide bonds. The van der Waals surface area contributed by atoms with Crippen molar-refractivity contribution in [3.05, 3.63) is 23.8 Å². The molecule has 1 aliphatic carbocycles. The topological polar surface area (TPSA) is 75.8 Å². The molecule has 0 unspecified atom stereocenters. The molecular formula is C16H24N2O3. The van der Waals surface area contributed by atoms with Crippen molar-refractivity contribution >= 4 is 5.91 Å². The summed E-state index contributed by atoms with van der Waals surface area (Å²) in [5, 5.41) is 9.83. The summed E-state index contributed by atoms with van der Waals surface area (Å²) < 4.78 is 5.01. The number of phenols is 1. The summed E-state index contributed by atoms with van der Waals surface area (Å²) in [6.07, 6.45) is 3.82. The van der Waals surface area contributed by atoms with E-state index in [0.717, 1.165) is 25.7 Å². The van der Waals surface area contributed by atoms with Crippen molar-refractivity contribution in [3.63, 3.8) is 0 Å². The van der Waals surface area contributed by atoms with Gasteiger partial charge in [-0.1, -0.05) is 0 Å². The number of carbonyl (C=O) groups excluding carboxylic acids is 1. The lowest BCUT2D eigenvalue weighted by atomic mass is 9.90. The lowest BCUT2D eigenvalue weighted by molar-refractivity contribution is 0.0640. The first kappa shape index (κ1) is 15.6. The molecular weight excluding hydrogens is 268 g/mol. The van der Waals surface area contributed by atoms with E-state index in [0.29, 0.717) is 17.9 Å². The average Bonchev–Trinajstić information content (AvgIpc) is 2.49. The quantitative estimate of drug-likeness (QED) is 0.891. The molecule has 0 bridgehead atoms. The summed E-state index contributed by atoms with van der Waals surface area (Å²) in [7, 11) is 1.49. The lowest BCUT2D eigenvalue weighted by Gasteiger charge is -2.35. The Morgan fingerprint density at radius 3 is 2.57 bits per heavy atom. The number of ether oxygens (including phenoxy) is 1. The van der Waals surface area contributed by atoms with E-state index in [1.807, 2.05) is 11.8 Å². The van der Waals surface area contributed by atoms with Gasteiger partial charge >= 0.3 is 0 Å². The average molecular weight is 292 g/mol. The third-order valence-corrected chi connectivity index (χ3v) is 4.21. The van der Waals surface area contributed by atoms with Gasteiger partial charge in [-0.3, -0.25) is 4.79 Å². The van der Waals surface area contributed by atoms with Gasteiger partial charge in [-0.05, 0) is 50.8 Å². The maximum Gasteiger partial charge on any atom is 0.254 e. The molecule has 0 aromatic heterocycles. The first-order valence-corrected chi connectivity index (χ1v) is 7.50. The summed E-state index contributed by atoms with van der Waals surface area (Å²) in [5.74, 6) is 0.319. The smallest absolute Gasteiger partial charge is 0.254 e. The van der Waals surface area contributed by atoms with Crippen molar-refractivity contribution in [1.82, 2.24) is 4.90 Å². The Bertz CT molecular complexity index is 496. The molecule has 0 atom stereocenters. The number of hydrogen-bond acceptors (Lipinski definition) is 4. The van der Waals surface area contributed by atoms with Crippen LogP contribution < -0.4 is 10.5 Å². The number of rotatable bonds is 4. The summed E-state index contributed by atoms with van der Waals surface area (Å²) in [6.45, 7) is 2.64. The molecule has 0 radical (unpaired) electrons. The number of hydrogen-bond donors (Lipinski definition) is 2. The van der Waals surface area contributed by atoms with Crippen molar-refractivity contribution in [1.29, 1.82) is 0 Å². The zero-order valence-corrected chi connectivity index (χ0v) is 12.7. The van der Waals surface area contributed by atoms with Gasteiger partial charge in [0.05, 0.1) is 7.11 Å². The van der Waals surface area contributed by atoms with Crippen LogP contribution in [-0.2, 0) is 0 Å². The Balaban J connectivity index is 2.14. The third kappa shape index (κ3) is 3.47. The van der Waals surface area contributed by atoms with Crippen LogP contribution >= 0.6 is 0 Å². The Kier molecular flexibility index (Phi) is 5.07. The number of amides is 1. The van der Waals surface area contributed by atoms with Crippen molar-refractivity contribution < 1.29 is 14.6 Å². The van der Waals surface area contributed by atoms with Crippen LogP contribution in [0, 0.1) is 0 Å². The number of nitrogens with two attached hydrogens (primary N) is 1. The molecule has 1 saturated carbocycles. The first-order valence-electron chi connectivity index (χ1n) is 7.50. The minimum Gasteiger partial charge on any atom is -0.504 e. The summed E-state index contributed by atoms with van der Waals surface area (Å²) >= 11 is 0. The molecule has 1 aliphatic rings. The molecule has 0 spiro atoms. The van der Waals surface area contributed by atoms with Gasteiger partial charge < -0.3 is 20.5 Å². The zero-order valence-electron chi connectivity index (χ0n) is 12.7. The van der Waals surface area contributed by atoms with Gasteiger partial charge in [0.15, 0.2) is 11.5 Å². The van der Waals surface area contributed by atoms with Gasteiger partial charge in [0.25, 0.3) is 5.91 Å². The highest BCUT2D eigenvalue weighted by molar-refractivity contribution is 5.95. The Labute approximate surface area is 125 Å². The fraction of sp³-hybridized carbons (Fsp3) is 0.562. The largest absolute Gasteiger partial charge is 0.504 e. The molecule has 116 valence electrons. The normalized spacial score (nSPS) is 21.9. The van der Waals surface area contributed by atoms with Gasteiger partial charge in [0.2, 0.25) is 0 Å². The van der Waals surface area contributed by atoms with Crippen molar-refractivity contribution in [2.45, 2.75) is 44.7 Å². The number of nitrogens with zero attached hydrogens (tertiary/aromatic N) is 1. The molecule has 5 nitrogen and oxygen atoms in total. The highest BCUT2D eigenvalue weighted by Crippen LogP contribution is 2.28. The molecule has 1 aromatic rings. The number of phenolic OH excluding ortho intramolecular Hbond substituents is 1. The SMILES string of the molecule is CCN(C(=O)c1ccc(OC)c(O)c1)C1CCC(N)CC1. The van der Waals surface area contributed by atoms with E-state index in [1.54, 1.807) is 12.1 Å². The maximum atomic E-state index is 12.7. The van der Waals surface area contributed by atoms with Crippen LogP contribution in [0.3, 0.4) is 0 Å². The fourth-order valence-electron chi connectivity index (χ4n) is 2.97. The Hall–Kier alpha value is -1.75. The highest BCUT2D eigenvalue weighted by Gasteiger charge is 2.27. The van der Waals surface area contributed by atoms with Gasteiger partial charge in [-0.15, -0.1) is 0 Å². The van der Waals surface area contributed by atoms with Crippen LogP contribution in [0.5, 0.6) is 11.5 Å². The van der Waals surface area contributed by atoms with Gasteiger partial charge in [0, 0.05) is 24.2 Å². The number of methoxy groups -OCH3 is 1. The van der Waals surface area contributed by atoms with Crippen LogP contribution in [0.4, 0.5) is 0 Å². The Morgan fingerprint density at radius 1 is 1.38 bits per heavy atom. The number of aromatic hydroxyl groups is 1. The maximum absolute atomic E-state index is 12.7. The summed E-state index contributed by atoms with van der Waals surface area (Å²) in [6, 6.07) is 5.29. The molecule has 0 heterocycles. The predicted octanol–water partition coefficient (Wildman–Crippen LogP) is 2.13. The van der Waals surface area contributed by atoms with E-state index in [-0.39, 0.29) is 23.7 Å². The van der Waals surface area contributed by atoms with Crippen LogP contribution in [0.15, 0.2) is 18.2 Å². The van der Waals surface area contributed by atoms with E-state index < -0.39 is 0 Å². The second kappa shape index (κ2) is 6.80. The second-order valence-electron chi connectivity index (χ2n) is 5.55. The summed E-state index contributed by atoms with van der Waals surface area (Å²) in [5.41, 5.74) is 6.42. The summed E-state index contributed by atoms with van der Waals surface area (Å²) in [4.78, 5) is 14.5. The fourth-order valence-corrected chi connectivity index (χ4v) is 2.97. The second-order valence-corrected chi connectivity index (χ2v) is 5.55. The van der Waals surface area contributed by atoms with Crippen molar-refractivity contribution in [3.8, 4) is 11.5 Å². The number of carbonyl (C=O) groups is 1.